The fourth-order valence-corrected chi connectivity index (χ4v) is 2.93. The minimum absolute atomic E-state index is 0.0975. The number of carbonyl (C=O) groups is 1. The van der Waals surface area contributed by atoms with E-state index in [-0.39, 0.29) is 17.6 Å². The average molecular weight is 329 g/mol. The number of pyridine rings is 1. The number of aromatic nitrogens is 1. The zero-order chi connectivity index (χ0) is 16.9. The molecule has 0 atom stereocenters. The molecule has 6 nitrogen and oxygen atoms in total. The van der Waals surface area contributed by atoms with E-state index in [2.05, 4.69) is 15.6 Å². The third-order valence-electron chi connectivity index (χ3n) is 4.31. The van der Waals surface area contributed by atoms with E-state index >= 15 is 0 Å². The smallest absolute Gasteiger partial charge is 0.315 e. The maximum absolute atomic E-state index is 12.1. The number of fused-ring (bicyclic) bond motifs is 1. The summed E-state index contributed by atoms with van der Waals surface area (Å²) in [7, 11) is 0. The summed E-state index contributed by atoms with van der Waals surface area (Å²) >= 11 is 0. The normalized spacial score (nSPS) is 15.4. The molecule has 0 radical (unpaired) electrons. The first-order valence-electron chi connectivity index (χ1n) is 8.36. The zero-order valence-electron chi connectivity index (χ0n) is 13.9. The number of H-pyrrole nitrogens is 1. The second-order valence-corrected chi connectivity index (χ2v) is 6.25. The van der Waals surface area contributed by atoms with Crippen LogP contribution in [-0.2, 0) is 11.2 Å². The molecule has 2 heterocycles. The van der Waals surface area contributed by atoms with E-state index in [0.29, 0.717) is 31.7 Å². The zero-order valence-corrected chi connectivity index (χ0v) is 13.9. The molecule has 1 aromatic heterocycles. The number of aromatic amines is 1. The van der Waals surface area contributed by atoms with Gasteiger partial charge in [-0.15, -0.1) is 0 Å². The van der Waals surface area contributed by atoms with Crippen LogP contribution in [-0.4, -0.2) is 36.8 Å². The van der Waals surface area contributed by atoms with Crippen molar-refractivity contribution >= 4 is 16.9 Å². The van der Waals surface area contributed by atoms with Gasteiger partial charge in [0.15, 0.2) is 0 Å². The molecule has 0 spiro atoms. The summed E-state index contributed by atoms with van der Waals surface area (Å²) in [4.78, 5) is 26.9. The number of ether oxygens (including phenoxy) is 1. The first-order valence-corrected chi connectivity index (χ1v) is 8.36. The molecule has 2 amide bonds. The third kappa shape index (κ3) is 4.14. The predicted molar refractivity (Wildman–Crippen MR) is 93.4 cm³/mol. The molecule has 1 saturated heterocycles. The standard InChI is InChI=1S/C18H23N3O3/c1-12-2-3-13-11-14(17(22)21-16(13)10-12)4-7-19-18(23)20-15-5-8-24-9-6-15/h2-3,10-11,15H,4-9H2,1H3,(H,21,22)(H2,19,20,23). The van der Waals surface area contributed by atoms with Gasteiger partial charge in [0.1, 0.15) is 0 Å². The number of hydrogen-bond acceptors (Lipinski definition) is 3. The monoisotopic (exact) mass is 329 g/mol. The Balaban J connectivity index is 1.55. The summed E-state index contributed by atoms with van der Waals surface area (Å²) in [5, 5.41) is 6.76. The van der Waals surface area contributed by atoms with Gasteiger partial charge in [0.25, 0.3) is 5.56 Å². The van der Waals surface area contributed by atoms with Gasteiger partial charge in [-0.3, -0.25) is 4.79 Å². The van der Waals surface area contributed by atoms with E-state index in [4.69, 9.17) is 4.74 Å². The highest BCUT2D eigenvalue weighted by molar-refractivity contribution is 5.79. The Morgan fingerprint density at radius 2 is 2.08 bits per heavy atom. The van der Waals surface area contributed by atoms with Gasteiger partial charge in [0.05, 0.1) is 0 Å². The van der Waals surface area contributed by atoms with Crippen LogP contribution in [0.2, 0.25) is 0 Å². The Morgan fingerprint density at radius 1 is 1.29 bits per heavy atom. The summed E-state index contributed by atoms with van der Waals surface area (Å²) in [6.45, 7) is 3.80. The summed E-state index contributed by atoms with van der Waals surface area (Å²) in [6.07, 6.45) is 2.19. The number of amides is 2. The Bertz CT molecular complexity index is 779. The number of hydrogen-bond donors (Lipinski definition) is 3. The lowest BCUT2D eigenvalue weighted by Crippen LogP contribution is -2.45. The molecule has 2 aromatic rings. The van der Waals surface area contributed by atoms with Crippen LogP contribution in [0.5, 0.6) is 0 Å². The lowest BCUT2D eigenvalue weighted by Gasteiger charge is -2.23. The van der Waals surface area contributed by atoms with Crippen molar-refractivity contribution in [3.8, 4) is 0 Å². The second kappa shape index (κ2) is 7.49. The van der Waals surface area contributed by atoms with Crippen LogP contribution < -0.4 is 16.2 Å². The lowest BCUT2D eigenvalue weighted by molar-refractivity contribution is 0.0801. The van der Waals surface area contributed by atoms with Gasteiger partial charge < -0.3 is 20.4 Å². The highest BCUT2D eigenvalue weighted by Gasteiger charge is 2.15. The van der Waals surface area contributed by atoms with E-state index in [1.54, 1.807) is 0 Å². The Hall–Kier alpha value is -2.34. The Kier molecular flexibility index (Phi) is 5.15. The van der Waals surface area contributed by atoms with Crippen molar-refractivity contribution in [1.82, 2.24) is 15.6 Å². The molecule has 24 heavy (non-hydrogen) atoms. The van der Waals surface area contributed by atoms with Crippen LogP contribution in [0.4, 0.5) is 4.79 Å². The average Bonchev–Trinajstić information content (AvgIpc) is 2.56. The van der Waals surface area contributed by atoms with Crippen LogP contribution in [0.1, 0.15) is 24.0 Å². The minimum atomic E-state index is -0.185. The van der Waals surface area contributed by atoms with E-state index in [0.717, 1.165) is 29.3 Å². The summed E-state index contributed by atoms with van der Waals surface area (Å²) in [5.74, 6) is 0. The Morgan fingerprint density at radius 3 is 2.88 bits per heavy atom. The van der Waals surface area contributed by atoms with E-state index < -0.39 is 0 Å². The van der Waals surface area contributed by atoms with Gasteiger partial charge >= 0.3 is 6.03 Å². The summed E-state index contributed by atoms with van der Waals surface area (Å²) < 4.78 is 5.27. The fraction of sp³-hybridized carbons (Fsp3) is 0.444. The number of urea groups is 1. The van der Waals surface area contributed by atoms with E-state index in [1.165, 1.54) is 0 Å². The largest absolute Gasteiger partial charge is 0.381 e. The molecule has 3 rings (SSSR count). The third-order valence-corrected chi connectivity index (χ3v) is 4.31. The first kappa shape index (κ1) is 16.5. The first-order chi connectivity index (χ1) is 11.6. The molecule has 128 valence electrons. The summed E-state index contributed by atoms with van der Waals surface area (Å²) in [5.41, 5.74) is 2.53. The Labute approximate surface area is 140 Å². The van der Waals surface area contributed by atoms with Gasteiger partial charge in [-0.2, -0.15) is 0 Å². The van der Waals surface area contributed by atoms with Crippen molar-refractivity contribution < 1.29 is 9.53 Å². The van der Waals surface area contributed by atoms with Crippen molar-refractivity contribution in [2.24, 2.45) is 0 Å². The van der Waals surface area contributed by atoms with Crippen molar-refractivity contribution in [3.05, 3.63) is 45.7 Å². The number of carbonyl (C=O) groups excluding carboxylic acids is 1. The highest BCUT2D eigenvalue weighted by Crippen LogP contribution is 2.13. The molecule has 1 aromatic carbocycles. The van der Waals surface area contributed by atoms with Gasteiger partial charge in [-0.05, 0) is 49.3 Å². The summed E-state index contributed by atoms with van der Waals surface area (Å²) in [6, 6.07) is 7.85. The van der Waals surface area contributed by atoms with E-state index in [9.17, 15) is 9.59 Å². The molecule has 0 saturated carbocycles. The number of nitrogens with one attached hydrogen (secondary N) is 3. The molecular formula is C18H23N3O3. The maximum atomic E-state index is 12.1. The van der Waals surface area contributed by atoms with Gasteiger partial charge in [-0.25, -0.2) is 4.79 Å². The molecule has 1 fully saturated rings. The molecule has 1 aliphatic heterocycles. The van der Waals surface area contributed by atoms with Crippen LogP contribution in [0.25, 0.3) is 10.9 Å². The molecule has 1 aliphatic rings. The number of benzene rings is 1. The van der Waals surface area contributed by atoms with Crippen LogP contribution >= 0.6 is 0 Å². The van der Waals surface area contributed by atoms with Gasteiger partial charge in [-0.1, -0.05) is 12.1 Å². The second-order valence-electron chi connectivity index (χ2n) is 6.25. The molecule has 0 aliphatic carbocycles. The van der Waals surface area contributed by atoms with Crippen LogP contribution in [0.3, 0.4) is 0 Å². The lowest BCUT2D eigenvalue weighted by atomic mass is 10.1. The highest BCUT2D eigenvalue weighted by atomic mass is 16.5. The molecular weight excluding hydrogens is 306 g/mol. The SMILES string of the molecule is Cc1ccc2cc(CCNC(=O)NC3CCOCC3)c(=O)[nH]c2c1. The minimum Gasteiger partial charge on any atom is -0.381 e. The van der Waals surface area contributed by atoms with Crippen molar-refractivity contribution in [2.45, 2.75) is 32.2 Å². The van der Waals surface area contributed by atoms with Crippen molar-refractivity contribution in [3.63, 3.8) is 0 Å². The maximum Gasteiger partial charge on any atom is 0.315 e. The number of aryl methyl sites for hydroxylation is 1. The van der Waals surface area contributed by atoms with Crippen molar-refractivity contribution in [1.29, 1.82) is 0 Å². The van der Waals surface area contributed by atoms with Gasteiger partial charge in [0.2, 0.25) is 0 Å². The van der Waals surface area contributed by atoms with E-state index in [1.807, 2.05) is 31.2 Å². The topological polar surface area (TPSA) is 83.2 Å². The predicted octanol–water partition coefficient (Wildman–Crippen LogP) is 1.86. The molecule has 6 heteroatoms. The van der Waals surface area contributed by atoms with Crippen molar-refractivity contribution in [2.75, 3.05) is 19.8 Å². The van der Waals surface area contributed by atoms with Gasteiger partial charge in [0, 0.05) is 36.9 Å². The quantitative estimate of drug-likeness (QED) is 0.800. The van der Waals surface area contributed by atoms with Crippen LogP contribution in [0, 0.1) is 6.92 Å². The molecule has 0 unspecified atom stereocenters. The molecule has 0 bridgehead atoms. The fourth-order valence-electron chi connectivity index (χ4n) is 2.93. The van der Waals surface area contributed by atoms with Crippen LogP contribution in [0.15, 0.2) is 29.1 Å². The number of rotatable bonds is 4. The molecule has 3 N–H and O–H groups in total.